The molecular formula is C16H24N2O3. The number of hydrogen-bond donors (Lipinski definition) is 2. The highest BCUT2D eigenvalue weighted by atomic mass is 16.5. The van der Waals surface area contributed by atoms with E-state index in [0.717, 1.165) is 16.8 Å². The number of anilines is 1. The highest BCUT2D eigenvalue weighted by Crippen LogP contribution is 2.22. The highest BCUT2D eigenvalue weighted by Gasteiger charge is 2.24. The van der Waals surface area contributed by atoms with Crippen molar-refractivity contribution in [2.45, 2.75) is 26.8 Å². The van der Waals surface area contributed by atoms with Crippen LogP contribution in [-0.4, -0.2) is 54.9 Å². The van der Waals surface area contributed by atoms with Crippen LogP contribution in [0.25, 0.3) is 0 Å². The minimum atomic E-state index is -0.0929. The summed E-state index contributed by atoms with van der Waals surface area (Å²) >= 11 is 0. The van der Waals surface area contributed by atoms with Crippen molar-refractivity contribution in [2.24, 2.45) is 0 Å². The van der Waals surface area contributed by atoms with Gasteiger partial charge in [0, 0.05) is 12.2 Å². The number of aliphatic hydroxyl groups is 1. The number of nitrogens with zero attached hydrogens (tertiary/aromatic N) is 1. The van der Waals surface area contributed by atoms with Gasteiger partial charge in [-0.25, -0.2) is 0 Å². The van der Waals surface area contributed by atoms with Crippen molar-refractivity contribution in [1.29, 1.82) is 0 Å². The Morgan fingerprint density at radius 3 is 2.67 bits per heavy atom. The summed E-state index contributed by atoms with van der Waals surface area (Å²) in [5, 5.41) is 12.3. The molecule has 1 aliphatic rings. The van der Waals surface area contributed by atoms with Crippen LogP contribution in [0.5, 0.6) is 0 Å². The zero-order valence-electron chi connectivity index (χ0n) is 13.0. The summed E-state index contributed by atoms with van der Waals surface area (Å²) in [6.45, 7) is 8.09. The standard InChI is InChI=1S/C16H24N2O3/c1-11-6-12(2)16(13(3)7-11)17-15(20)8-18-4-5-21-10-14(18)9-19/h6-7,14,19H,4-5,8-10H2,1-3H3,(H,17,20). The molecule has 0 saturated carbocycles. The molecule has 5 nitrogen and oxygen atoms in total. The monoisotopic (exact) mass is 292 g/mol. The summed E-state index contributed by atoms with van der Waals surface area (Å²) in [5.41, 5.74) is 4.22. The van der Waals surface area contributed by atoms with Gasteiger partial charge in [-0.3, -0.25) is 9.69 Å². The molecule has 0 aromatic heterocycles. The highest BCUT2D eigenvalue weighted by molar-refractivity contribution is 5.93. The van der Waals surface area contributed by atoms with Gasteiger partial charge in [-0.2, -0.15) is 0 Å². The molecule has 2 N–H and O–H groups in total. The van der Waals surface area contributed by atoms with Gasteiger partial charge in [0.05, 0.1) is 32.4 Å². The van der Waals surface area contributed by atoms with Crippen LogP contribution in [0.3, 0.4) is 0 Å². The molecule has 1 atom stereocenters. The molecular weight excluding hydrogens is 268 g/mol. The van der Waals surface area contributed by atoms with E-state index >= 15 is 0 Å². The van der Waals surface area contributed by atoms with E-state index in [0.29, 0.717) is 19.8 Å². The Hall–Kier alpha value is -1.43. The van der Waals surface area contributed by atoms with Crippen LogP contribution in [0.1, 0.15) is 16.7 Å². The van der Waals surface area contributed by atoms with E-state index in [4.69, 9.17) is 4.74 Å². The van der Waals surface area contributed by atoms with Gasteiger partial charge in [-0.1, -0.05) is 17.7 Å². The number of aliphatic hydroxyl groups excluding tert-OH is 1. The predicted molar refractivity (Wildman–Crippen MR) is 82.5 cm³/mol. The Bertz CT molecular complexity index is 493. The maximum Gasteiger partial charge on any atom is 0.238 e. The first-order valence-electron chi connectivity index (χ1n) is 7.31. The van der Waals surface area contributed by atoms with Crippen LogP contribution in [0.15, 0.2) is 12.1 Å². The predicted octanol–water partition coefficient (Wildman–Crippen LogP) is 1.24. The third-order valence-corrected chi connectivity index (χ3v) is 3.85. The first kappa shape index (κ1) is 15.9. The molecule has 0 spiro atoms. The number of benzene rings is 1. The summed E-state index contributed by atoms with van der Waals surface area (Å²) < 4.78 is 5.32. The van der Waals surface area contributed by atoms with Gasteiger partial charge >= 0.3 is 0 Å². The number of nitrogens with one attached hydrogen (secondary N) is 1. The van der Waals surface area contributed by atoms with E-state index < -0.39 is 0 Å². The van der Waals surface area contributed by atoms with Gasteiger partial charge in [-0.05, 0) is 31.9 Å². The number of carbonyl (C=O) groups excluding carboxylic acids is 1. The molecule has 1 aromatic carbocycles. The average Bonchev–Trinajstić information content (AvgIpc) is 2.43. The molecule has 5 heteroatoms. The number of amides is 1. The molecule has 1 unspecified atom stereocenters. The lowest BCUT2D eigenvalue weighted by atomic mass is 10.1. The summed E-state index contributed by atoms with van der Waals surface area (Å²) in [6.07, 6.45) is 0. The van der Waals surface area contributed by atoms with Crippen LogP contribution in [0.4, 0.5) is 5.69 Å². The molecule has 1 saturated heterocycles. The van der Waals surface area contributed by atoms with Gasteiger partial charge < -0.3 is 15.2 Å². The maximum atomic E-state index is 12.3. The Labute approximate surface area is 125 Å². The average molecular weight is 292 g/mol. The quantitative estimate of drug-likeness (QED) is 0.876. The normalized spacial score (nSPS) is 19.5. The van der Waals surface area contributed by atoms with E-state index in [9.17, 15) is 9.90 Å². The van der Waals surface area contributed by atoms with Crippen molar-refractivity contribution >= 4 is 11.6 Å². The van der Waals surface area contributed by atoms with Gasteiger partial charge in [0.15, 0.2) is 0 Å². The Morgan fingerprint density at radius 2 is 2.05 bits per heavy atom. The lowest BCUT2D eigenvalue weighted by Gasteiger charge is -2.33. The molecule has 1 aliphatic heterocycles. The van der Waals surface area contributed by atoms with Gasteiger partial charge in [0.2, 0.25) is 5.91 Å². The fourth-order valence-electron chi connectivity index (χ4n) is 2.81. The molecule has 0 aliphatic carbocycles. The van der Waals surface area contributed by atoms with Crippen molar-refractivity contribution in [2.75, 3.05) is 38.2 Å². The maximum absolute atomic E-state index is 12.3. The number of morpholine rings is 1. The van der Waals surface area contributed by atoms with E-state index in [1.165, 1.54) is 5.56 Å². The van der Waals surface area contributed by atoms with Crippen LogP contribution >= 0.6 is 0 Å². The van der Waals surface area contributed by atoms with Crippen molar-refractivity contribution in [3.05, 3.63) is 28.8 Å². The van der Waals surface area contributed by atoms with E-state index in [1.54, 1.807) is 0 Å². The molecule has 116 valence electrons. The Kier molecular flexibility index (Phi) is 5.33. The van der Waals surface area contributed by atoms with E-state index in [1.807, 2.05) is 25.7 Å². The number of rotatable bonds is 4. The molecule has 0 bridgehead atoms. The van der Waals surface area contributed by atoms with Crippen LogP contribution in [-0.2, 0) is 9.53 Å². The summed E-state index contributed by atoms with van der Waals surface area (Å²) in [6, 6.07) is 4.03. The van der Waals surface area contributed by atoms with Crippen LogP contribution in [0, 0.1) is 20.8 Å². The second kappa shape index (κ2) is 7.02. The molecule has 2 rings (SSSR count). The topological polar surface area (TPSA) is 61.8 Å². The minimum Gasteiger partial charge on any atom is -0.395 e. The smallest absolute Gasteiger partial charge is 0.238 e. The first-order chi connectivity index (χ1) is 10.0. The van der Waals surface area contributed by atoms with Crippen LogP contribution < -0.4 is 5.32 Å². The molecule has 1 fully saturated rings. The van der Waals surface area contributed by atoms with E-state index in [-0.39, 0.29) is 25.1 Å². The Morgan fingerprint density at radius 1 is 1.38 bits per heavy atom. The fourth-order valence-corrected chi connectivity index (χ4v) is 2.81. The van der Waals surface area contributed by atoms with Gasteiger partial charge in [0.25, 0.3) is 0 Å². The number of aryl methyl sites for hydroxylation is 3. The van der Waals surface area contributed by atoms with Crippen molar-refractivity contribution in [3.63, 3.8) is 0 Å². The number of ether oxygens (including phenoxy) is 1. The van der Waals surface area contributed by atoms with Gasteiger partial charge in [0.1, 0.15) is 0 Å². The Balaban J connectivity index is 2.01. The summed E-state index contributed by atoms with van der Waals surface area (Å²) in [7, 11) is 0. The molecule has 21 heavy (non-hydrogen) atoms. The first-order valence-corrected chi connectivity index (χ1v) is 7.31. The number of carbonyl (C=O) groups is 1. The minimum absolute atomic E-state index is 0.00979. The number of hydrogen-bond acceptors (Lipinski definition) is 4. The fraction of sp³-hybridized carbons (Fsp3) is 0.562. The van der Waals surface area contributed by atoms with Crippen molar-refractivity contribution in [1.82, 2.24) is 4.90 Å². The van der Waals surface area contributed by atoms with Crippen molar-refractivity contribution in [3.8, 4) is 0 Å². The second-order valence-electron chi connectivity index (χ2n) is 5.70. The molecule has 1 amide bonds. The SMILES string of the molecule is Cc1cc(C)c(NC(=O)CN2CCOCC2CO)c(C)c1. The summed E-state index contributed by atoms with van der Waals surface area (Å²) in [5.74, 6) is -0.0506. The third-order valence-electron chi connectivity index (χ3n) is 3.85. The zero-order valence-corrected chi connectivity index (χ0v) is 13.0. The third kappa shape index (κ3) is 4.03. The second-order valence-corrected chi connectivity index (χ2v) is 5.70. The van der Waals surface area contributed by atoms with E-state index in [2.05, 4.69) is 17.4 Å². The molecule has 1 heterocycles. The molecule has 1 aromatic rings. The molecule has 0 radical (unpaired) electrons. The van der Waals surface area contributed by atoms with Gasteiger partial charge in [-0.15, -0.1) is 0 Å². The van der Waals surface area contributed by atoms with Crippen molar-refractivity contribution < 1.29 is 14.6 Å². The largest absolute Gasteiger partial charge is 0.395 e. The summed E-state index contributed by atoms with van der Waals surface area (Å²) in [4.78, 5) is 14.2. The lowest BCUT2D eigenvalue weighted by Crippen LogP contribution is -2.50. The zero-order chi connectivity index (χ0) is 15.4. The van der Waals surface area contributed by atoms with Crippen LogP contribution in [0.2, 0.25) is 0 Å². The lowest BCUT2D eigenvalue weighted by molar-refractivity contribution is -0.120.